The molecule has 0 amide bonds. The van der Waals surface area contributed by atoms with Gasteiger partial charge in [0.2, 0.25) is 0 Å². The summed E-state index contributed by atoms with van der Waals surface area (Å²) < 4.78 is 6.41. The molecule has 1 spiro atoms. The van der Waals surface area contributed by atoms with E-state index in [1.54, 1.807) is 0 Å². The van der Waals surface area contributed by atoms with Crippen molar-refractivity contribution in [2.24, 2.45) is 0 Å². The van der Waals surface area contributed by atoms with Gasteiger partial charge in [0.25, 0.3) is 0 Å². The molecular weight excluding hydrogens is 653 g/mol. The van der Waals surface area contributed by atoms with Crippen molar-refractivity contribution in [1.29, 1.82) is 0 Å². The first-order chi connectivity index (χ1) is 26.8. The molecule has 1 heteroatoms. The molecule has 0 fully saturated rings. The lowest BCUT2D eigenvalue weighted by Gasteiger charge is -2.30. The summed E-state index contributed by atoms with van der Waals surface area (Å²) in [4.78, 5) is 0. The maximum absolute atomic E-state index is 6.41. The number of furan rings is 1. The third kappa shape index (κ3) is 3.33. The van der Waals surface area contributed by atoms with E-state index >= 15 is 0 Å². The normalized spacial score (nSPS) is 13.7. The minimum Gasteiger partial charge on any atom is -0.456 e. The lowest BCUT2D eigenvalue weighted by atomic mass is 9.70. The fourth-order valence-corrected chi connectivity index (χ4v) is 10.7. The Bertz CT molecular complexity index is 3290. The van der Waals surface area contributed by atoms with Gasteiger partial charge in [0.1, 0.15) is 11.2 Å². The second-order valence-corrected chi connectivity index (χ2v) is 15.0. The van der Waals surface area contributed by atoms with Crippen LogP contribution in [0.15, 0.2) is 186 Å². The standard InChI is InChI=1S/C53H30O/c1-3-19-36-34(17-1)49(35-18-2-4-20-37(35)50(36)41-30-31-14-11-28-46-48(31)52-38(41)22-13-29-47(52)54-46)40-23-12-27-45-51(40)39-21-7-10-26-44(39)53(45)42-24-8-5-15-32(42)33-16-6-9-25-43(33)53/h1-30H. The maximum atomic E-state index is 6.41. The molecule has 0 atom stereocenters. The van der Waals surface area contributed by atoms with Crippen molar-refractivity contribution in [1.82, 2.24) is 0 Å². The summed E-state index contributed by atoms with van der Waals surface area (Å²) in [6.45, 7) is 0. The summed E-state index contributed by atoms with van der Waals surface area (Å²) in [5, 5.41) is 9.87. The largest absolute Gasteiger partial charge is 0.456 e. The van der Waals surface area contributed by atoms with Gasteiger partial charge in [-0.25, -0.2) is 0 Å². The lowest BCUT2D eigenvalue weighted by molar-refractivity contribution is 0.669. The Balaban J connectivity index is 1.18. The van der Waals surface area contributed by atoms with Gasteiger partial charge in [-0.15, -0.1) is 0 Å². The number of rotatable bonds is 2. The number of hydrogen-bond donors (Lipinski definition) is 0. The highest BCUT2D eigenvalue weighted by Crippen LogP contribution is 2.64. The van der Waals surface area contributed by atoms with Gasteiger partial charge < -0.3 is 4.42 Å². The third-order valence-corrected chi connectivity index (χ3v) is 12.6. The Labute approximate surface area is 311 Å². The quantitative estimate of drug-likeness (QED) is 0.131. The Kier molecular flexibility index (Phi) is 5.36. The van der Waals surface area contributed by atoms with Crippen LogP contribution < -0.4 is 0 Å². The first-order valence-corrected chi connectivity index (χ1v) is 18.9. The molecule has 0 aliphatic heterocycles. The van der Waals surface area contributed by atoms with E-state index in [0.717, 1.165) is 11.2 Å². The smallest absolute Gasteiger partial charge is 0.136 e. The van der Waals surface area contributed by atoms with Crippen LogP contribution >= 0.6 is 0 Å². The molecule has 11 aromatic rings. The zero-order valence-corrected chi connectivity index (χ0v) is 29.2. The van der Waals surface area contributed by atoms with Crippen molar-refractivity contribution in [3.8, 4) is 44.5 Å². The number of hydrogen-bond acceptors (Lipinski definition) is 1. The van der Waals surface area contributed by atoms with Gasteiger partial charge in [-0.3, -0.25) is 0 Å². The lowest BCUT2D eigenvalue weighted by Crippen LogP contribution is -2.25. The van der Waals surface area contributed by atoms with E-state index in [1.165, 1.54) is 110 Å². The second-order valence-electron chi connectivity index (χ2n) is 15.0. The summed E-state index contributed by atoms with van der Waals surface area (Å²) in [7, 11) is 0. The molecule has 0 radical (unpaired) electrons. The van der Waals surface area contributed by atoms with Gasteiger partial charge in [-0.1, -0.05) is 164 Å². The minimum absolute atomic E-state index is 0.393. The first-order valence-electron chi connectivity index (χ1n) is 18.9. The van der Waals surface area contributed by atoms with Crippen LogP contribution in [0.25, 0.3) is 98.8 Å². The summed E-state index contributed by atoms with van der Waals surface area (Å²) in [5.74, 6) is 0. The number of benzene rings is 10. The molecule has 0 bridgehead atoms. The molecule has 0 unspecified atom stereocenters. The zero-order valence-electron chi connectivity index (χ0n) is 29.2. The van der Waals surface area contributed by atoms with E-state index in [0.29, 0.717) is 0 Å². The number of fused-ring (bicyclic) bond motifs is 12. The first kappa shape index (κ1) is 28.6. The monoisotopic (exact) mass is 682 g/mol. The van der Waals surface area contributed by atoms with E-state index in [2.05, 4.69) is 182 Å². The SMILES string of the molecule is c1ccc2c(c1)-c1ccccc1C21c2ccccc2-c2c(-c3c4ccccc4c(-c4cc5cccc6oc7cccc4c7c56)c4ccccc34)cccc21. The average molecular weight is 683 g/mol. The van der Waals surface area contributed by atoms with Crippen LogP contribution in [0.4, 0.5) is 0 Å². The fraction of sp³-hybridized carbons (Fsp3) is 0.0189. The van der Waals surface area contributed by atoms with Gasteiger partial charge in [0.05, 0.1) is 5.41 Å². The van der Waals surface area contributed by atoms with Crippen LogP contribution in [0.3, 0.4) is 0 Å². The molecule has 1 aromatic heterocycles. The van der Waals surface area contributed by atoms with Crippen LogP contribution in [0.5, 0.6) is 0 Å². The molecule has 2 aliphatic carbocycles. The minimum atomic E-state index is -0.393. The van der Waals surface area contributed by atoms with E-state index in [9.17, 15) is 0 Å². The summed E-state index contributed by atoms with van der Waals surface area (Å²) in [6.07, 6.45) is 0. The third-order valence-electron chi connectivity index (χ3n) is 12.6. The Morgan fingerprint density at radius 3 is 1.39 bits per heavy atom. The summed E-state index contributed by atoms with van der Waals surface area (Å²) in [5.41, 5.74) is 17.3. The summed E-state index contributed by atoms with van der Waals surface area (Å²) >= 11 is 0. The van der Waals surface area contributed by atoms with Crippen LogP contribution in [0.2, 0.25) is 0 Å². The average Bonchev–Trinajstić information content (AvgIpc) is 3.87. The topological polar surface area (TPSA) is 13.1 Å². The highest BCUT2D eigenvalue weighted by molar-refractivity contribution is 6.30. The van der Waals surface area contributed by atoms with Crippen molar-refractivity contribution in [3.05, 3.63) is 204 Å². The molecule has 0 saturated carbocycles. The van der Waals surface area contributed by atoms with Crippen molar-refractivity contribution in [2.75, 3.05) is 0 Å². The fourth-order valence-electron chi connectivity index (χ4n) is 10.7. The molecule has 0 N–H and O–H groups in total. The maximum Gasteiger partial charge on any atom is 0.136 e. The van der Waals surface area contributed by atoms with Gasteiger partial charge >= 0.3 is 0 Å². The Morgan fingerprint density at radius 1 is 0.296 bits per heavy atom. The van der Waals surface area contributed by atoms with Gasteiger partial charge in [-0.05, 0) is 117 Å². The molecule has 10 aromatic carbocycles. The zero-order chi connectivity index (χ0) is 35.1. The predicted molar refractivity (Wildman–Crippen MR) is 225 cm³/mol. The highest BCUT2D eigenvalue weighted by Gasteiger charge is 2.52. The van der Waals surface area contributed by atoms with E-state index < -0.39 is 5.41 Å². The van der Waals surface area contributed by atoms with Gasteiger partial charge in [0, 0.05) is 10.8 Å². The molecule has 2 aliphatic rings. The molecule has 1 nitrogen and oxygen atoms in total. The van der Waals surface area contributed by atoms with Crippen molar-refractivity contribution in [3.63, 3.8) is 0 Å². The van der Waals surface area contributed by atoms with E-state index in [4.69, 9.17) is 4.42 Å². The van der Waals surface area contributed by atoms with Gasteiger partial charge in [0.15, 0.2) is 0 Å². The highest BCUT2D eigenvalue weighted by atomic mass is 16.3. The second kappa shape index (κ2) is 10.1. The van der Waals surface area contributed by atoms with E-state index in [1.807, 2.05) is 0 Å². The van der Waals surface area contributed by atoms with Crippen molar-refractivity contribution >= 4 is 54.3 Å². The van der Waals surface area contributed by atoms with Crippen LogP contribution in [-0.4, -0.2) is 0 Å². The molecule has 13 rings (SSSR count). The van der Waals surface area contributed by atoms with Crippen LogP contribution in [-0.2, 0) is 5.41 Å². The molecule has 248 valence electrons. The van der Waals surface area contributed by atoms with Crippen molar-refractivity contribution in [2.45, 2.75) is 5.41 Å². The molecule has 54 heavy (non-hydrogen) atoms. The molecule has 0 saturated heterocycles. The van der Waals surface area contributed by atoms with Crippen LogP contribution in [0.1, 0.15) is 22.3 Å². The molecule has 1 heterocycles. The van der Waals surface area contributed by atoms with E-state index in [-0.39, 0.29) is 0 Å². The Hall–Kier alpha value is -6.96. The van der Waals surface area contributed by atoms with Gasteiger partial charge in [-0.2, -0.15) is 0 Å². The van der Waals surface area contributed by atoms with Crippen LogP contribution in [0, 0.1) is 0 Å². The molecular formula is C53H30O. The van der Waals surface area contributed by atoms with Crippen molar-refractivity contribution < 1.29 is 4.42 Å². The predicted octanol–water partition coefficient (Wildman–Crippen LogP) is 14.2. The Morgan fingerprint density at radius 2 is 0.741 bits per heavy atom. The summed E-state index contributed by atoms with van der Waals surface area (Å²) in [6, 6.07) is 67.8.